The Kier molecular flexibility index (Phi) is 8.33. The van der Waals surface area contributed by atoms with Crippen molar-refractivity contribution in [2.45, 2.75) is 161 Å². The molecule has 0 aromatic carbocycles. The van der Waals surface area contributed by atoms with E-state index < -0.39 is 60.2 Å². The number of carbonyl (C=O) groups is 1. The molecular formula is C36H60O10. The molecule has 0 aromatic heterocycles. The van der Waals surface area contributed by atoms with Gasteiger partial charge in [0.1, 0.15) is 11.9 Å². The summed E-state index contributed by atoms with van der Waals surface area (Å²) >= 11 is 0. The highest BCUT2D eigenvalue weighted by molar-refractivity contribution is 5.85. The number of aliphatic hydroxyl groups excluding tert-OH is 4. The van der Waals surface area contributed by atoms with Crippen molar-refractivity contribution in [2.24, 2.45) is 50.7 Å². The minimum Gasteiger partial charge on any atom is -0.394 e. The van der Waals surface area contributed by atoms with Gasteiger partial charge in [-0.1, -0.05) is 34.6 Å². The summed E-state index contributed by atoms with van der Waals surface area (Å²) < 4.78 is 12.8. The molecule has 264 valence electrons. The van der Waals surface area contributed by atoms with Crippen molar-refractivity contribution in [3.8, 4) is 0 Å². The van der Waals surface area contributed by atoms with Crippen LogP contribution in [0.2, 0.25) is 0 Å². The third kappa shape index (κ3) is 4.71. The summed E-state index contributed by atoms with van der Waals surface area (Å²) in [4.78, 5) is 13.4. The molecule has 5 saturated carbocycles. The van der Waals surface area contributed by atoms with E-state index in [1.165, 1.54) is 13.8 Å². The van der Waals surface area contributed by atoms with Gasteiger partial charge in [-0.15, -0.1) is 0 Å². The fraction of sp³-hybridized carbons (Fsp3) is 0.972. The summed E-state index contributed by atoms with van der Waals surface area (Å²) in [5, 5.41) is 74.2. The van der Waals surface area contributed by atoms with E-state index in [0.29, 0.717) is 25.2 Å². The molecule has 0 amide bonds. The highest BCUT2D eigenvalue weighted by atomic mass is 16.7. The largest absolute Gasteiger partial charge is 0.394 e. The summed E-state index contributed by atoms with van der Waals surface area (Å²) in [6, 6.07) is 0. The molecule has 6 rings (SSSR count). The Labute approximate surface area is 273 Å². The van der Waals surface area contributed by atoms with Crippen molar-refractivity contribution in [1.82, 2.24) is 0 Å². The van der Waals surface area contributed by atoms with Crippen LogP contribution in [0.3, 0.4) is 0 Å². The van der Waals surface area contributed by atoms with E-state index in [2.05, 4.69) is 34.6 Å². The average molecular weight is 653 g/mol. The lowest BCUT2D eigenvalue weighted by Gasteiger charge is -2.68. The third-order valence-corrected chi connectivity index (χ3v) is 15.3. The molecule has 46 heavy (non-hydrogen) atoms. The van der Waals surface area contributed by atoms with E-state index in [4.69, 9.17) is 9.47 Å². The number of ketones is 1. The molecule has 1 heterocycles. The molecule has 6 aliphatic rings. The fourth-order valence-corrected chi connectivity index (χ4v) is 13.0. The van der Waals surface area contributed by atoms with Crippen LogP contribution in [0.15, 0.2) is 0 Å². The van der Waals surface area contributed by atoms with Crippen molar-refractivity contribution >= 4 is 5.78 Å². The Hall–Kier alpha value is -0.690. The molecule has 0 radical (unpaired) electrons. The number of aliphatic hydroxyl groups is 7. The van der Waals surface area contributed by atoms with Gasteiger partial charge in [0.15, 0.2) is 18.2 Å². The van der Waals surface area contributed by atoms with E-state index in [9.17, 15) is 40.5 Å². The highest BCUT2D eigenvalue weighted by Gasteiger charge is 2.85. The van der Waals surface area contributed by atoms with Gasteiger partial charge < -0.3 is 45.2 Å². The smallest absolute Gasteiger partial charge is 0.197 e. The second-order valence-electron chi connectivity index (χ2n) is 18.2. The Morgan fingerprint density at radius 1 is 1.04 bits per heavy atom. The zero-order valence-corrected chi connectivity index (χ0v) is 28.9. The average Bonchev–Trinajstić information content (AvgIpc) is 3.53. The Morgan fingerprint density at radius 2 is 1.72 bits per heavy atom. The number of fused-ring (bicyclic) bond motifs is 3. The molecular weight excluding hydrogens is 592 g/mol. The zero-order chi connectivity index (χ0) is 34.0. The SMILES string of the molecule is CC(CC(O)C(O)C(C)(C)O)C1CCC23CC12CCC1C2(C)CCC(=O)C(C)(C)C2CC(OC2OC(CO)CC(O)(O)C2O)C13C. The van der Waals surface area contributed by atoms with Crippen LogP contribution < -0.4 is 0 Å². The molecule has 14 unspecified atom stereocenters. The number of carbonyl (C=O) groups excluding carboxylic acids is 1. The van der Waals surface area contributed by atoms with Gasteiger partial charge in [0, 0.05) is 23.7 Å². The molecule has 1 aliphatic heterocycles. The lowest BCUT2D eigenvalue weighted by Crippen LogP contribution is -2.68. The molecule has 14 atom stereocenters. The van der Waals surface area contributed by atoms with E-state index in [1.54, 1.807) is 0 Å². The normalized spacial score (nSPS) is 49.6. The van der Waals surface area contributed by atoms with Crippen LogP contribution in [0.1, 0.15) is 113 Å². The van der Waals surface area contributed by atoms with Gasteiger partial charge in [-0.3, -0.25) is 4.79 Å². The summed E-state index contributed by atoms with van der Waals surface area (Å²) in [7, 11) is 0. The maximum Gasteiger partial charge on any atom is 0.197 e. The summed E-state index contributed by atoms with van der Waals surface area (Å²) in [5.74, 6) is -1.52. The predicted molar refractivity (Wildman–Crippen MR) is 168 cm³/mol. The van der Waals surface area contributed by atoms with Crippen LogP contribution >= 0.6 is 0 Å². The first-order valence-corrected chi connectivity index (χ1v) is 17.8. The van der Waals surface area contributed by atoms with Gasteiger partial charge in [-0.25, -0.2) is 0 Å². The van der Waals surface area contributed by atoms with Crippen molar-refractivity contribution in [3.63, 3.8) is 0 Å². The number of ether oxygens (including phenoxy) is 2. The molecule has 7 N–H and O–H groups in total. The van der Waals surface area contributed by atoms with E-state index in [0.717, 1.165) is 38.5 Å². The molecule has 0 spiro atoms. The lowest BCUT2D eigenvalue weighted by molar-refractivity contribution is -0.375. The molecule has 10 nitrogen and oxygen atoms in total. The molecule has 6 fully saturated rings. The van der Waals surface area contributed by atoms with Crippen LogP contribution in [-0.4, -0.2) is 96.3 Å². The van der Waals surface area contributed by atoms with Gasteiger partial charge in [0.25, 0.3) is 0 Å². The maximum atomic E-state index is 13.4. The monoisotopic (exact) mass is 652 g/mol. The number of hydrogen-bond acceptors (Lipinski definition) is 10. The van der Waals surface area contributed by atoms with E-state index in [1.807, 2.05) is 0 Å². The predicted octanol–water partition coefficient (Wildman–Crippen LogP) is 2.66. The second kappa shape index (κ2) is 10.9. The van der Waals surface area contributed by atoms with Crippen LogP contribution in [0, 0.1) is 50.7 Å². The molecule has 0 aromatic rings. The van der Waals surface area contributed by atoms with Gasteiger partial charge in [0.2, 0.25) is 0 Å². The van der Waals surface area contributed by atoms with Crippen molar-refractivity contribution in [2.75, 3.05) is 6.61 Å². The van der Waals surface area contributed by atoms with Crippen LogP contribution in [-0.2, 0) is 14.3 Å². The van der Waals surface area contributed by atoms with Crippen LogP contribution in [0.5, 0.6) is 0 Å². The first-order chi connectivity index (χ1) is 21.1. The molecule has 1 saturated heterocycles. The number of rotatable bonds is 8. The first-order valence-electron chi connectivity index (χ1n) is 17.8. The maximum absolute atomic E-state index is 13.4. The van der Waals surface area contributed by atoms with Crippen molar-refractivity contribution < 1.29 is 50.0 Å². The van der Waals surface area contributed by atoms with Crippen LogP contribution in [0.25, 0.3) is 0 Å². The minimum atomic E-state index is -2.48. The van der Waals surface area contributed by atoms with Crippen molar-refractivity contribution in [3.05, 3.63) is 0 Å². The van der Waals surface area contributed by atoms with Gasteiger partial charge in [-0.2, -0.15) is 0 Å². The summed E-state index contributed by atoms with van der Waals surface area (Å²) in [6.45, 7) is 13.6. The van der Waals surface area contributed by atoms with Crippen molar-refractivity contribution in [1.29, 1.82) is 0 Å². The van der Waals surface area contributed by atoms with Gasteiger partial charge in [0.05, 0.1) is 30.5 Å². The van der Waals surface area contributed by atoms with Crippen LogP contribution in [0.4, 0.5) is 0 Å². The quantitative estimate of drug-likeness (QED) is 0.152. The van der Waals surface area contributed by atoms with E-state index >= 15 is 0 Å². The Bertz CT molecular complexity index is 1200. The Morgan fingerprint density at radius 3 is 2.35 bits per heavy atom. The summed E-state index contributed by atoms with van der Waals surface area (Å²) in [6.07, 6.45) is 0.307. The summed E-state index contributed by atoms with van der Waals surface area (Å²) in [5.41, 5.74) is -2.49. The number of Topliss-reactive ketones (excluding diaryl/α,β-unsaturated/α-hetero) is 1. The van der Waals surface area contributed by atoms with E-state index in [-0.39, 0.29) is 51.6 Å². The Balaban J connectivity index is 1.36. The van der Waals surface area contributed by atoms with Gasteiger partial charge >= 0.3 is 0 Å². The molecule has 0 bridgehead atoms. The standard InChI is InChI=1S/C36H60O10/c1-19(14-22(38)27(40)31(4,5)42)21-8-13-35-18-34(21,35)12-9-23-32(6)11-10-25(39)30(2,3)24(32)15-26(33(23,35)7)46-29-28(41)36(43,44)16-20(17-37)45-29/h19-24,26-29,37-38,40-44H,8-18H2,1-7H3. The second-order valence-corrected chi connectivity index (χ2v) is 18.2. The number of hydrogen-bond donors (Lipinski definition) is 7. The lowest BCUT2D eigenvalue weighted by atomic mass is 9.37. The first kappa shape index (κ1) is 35.1. The third-order valence-electron chi connectivity index (χ3n) is 15.3. The minimum absolute atomic E-state index is 0.0271. The molecule has 10 heteroatoms. The fourth-order valence-electron chi connectivity index (χ4n) is 13.0. The topological polar surface area (TPSA) is 177 Å². The van der Waals surface area contributed by atoms with Gasteiger partial charge in [-0.05, 0) is 105 Å². The highest BCUT2D eigenvalue weighted by Crippen LogP contribution is 2.91. The molecule has 5 aliphatic carbocycles. The zero-order valence-electron chi connectivity index (χ0n) is 28.9.